The number of hydrogen-bond acceptors (Lipinski definition) is 3. The quantitative estimate of drug-likeness (QED) is 0.822. The first-order valence-corrected chi connectivity index (χ1v) is 8.57. The normalized spacial score (nSPS) is 11.6. The third-order valence-electron chi connectivity index (χ3n) is 2.73. The Kier molecular flexibility index (Phi) is 6.25. The number of sulfonamides is 1. The lowest BCUT2D eigenvalue weighted by Gasteiger charge is -2.18. The van der Waals surface area contributed by atoms with Crippen LogP contribution in [0.4, 0.5) is 5.69 Å². The Hall–Kier alpha value is -1.51. The first-order valence-electron chi connectivity index (χ1n) is 6.92. The number of aliphatic hydroxyl groups is 1. The van der Waals surface area contributed by atoms with E-state index in [1.807, 2.05) is 20.8 Å². The van der Waals surface area contributed by atoms with Gasteiger partial charge < -0.3 is 5.11 Å². The van der Waals surface area contributed by atoms with Crippen molar-refractivity contribution in [3.8, 4) is 11.8 Å². The van der Waals surface area contributed by atoms with Crippen molar-refractivity contribution in [3.05, 3.63) is 29.8 Å². The van der Waals surface area contributed by atoms with Crippen molar-refractivity contribution in [3.63, 3.8) is 0 Å². The fourth-order valence-corrected chi connectivity index (χ4v) is 3.02. The maximum atomic E-state index is 12.0. The van der Waals surface area contributed by atoms with E-state index in [1.54, 1.807) is 24.3 Å². The van der Waals surface area contributed by atoms with Gasteiger partial charge in [0, 0.05) is 17.7 Å². The lowest BCUT2D eigenvalue weighted by molar-refractivity contribution is 0.305. The molecule has 0 fully saturated rings. The molecule has 0 saturated carbocycles. The Bertz CT molecular complexity index is 619. The molecule has 0 aliphatic carbocycles. The molecule has 0 radical (unpaired) electrons. The molecule has 0 unspecified atom stereocenters. The van der Waals surface area contributed by atoms with Gasteiger partial charge in [0.15, 0.2) is 0 Å². The van der Waals surface area contributed by atoms with E-state index in [2.05, 4.69) is 16.6 Å². The summed E-state index contributed by atoms with van der Waals surface area (Å²) in [6, 6.07) is 6.95. The lowest BCUT2D eigenvalue weighted by Crippen LogP contribution is -2.20. The van der Waals surface area contributed by atoms with Crippen molar-refractivity contribution < 1.29 is 13.5 Å². The summed E-state index contributed by atoms with van der Waals surface area (Å²) in [4.78, 5) is 0. The first-order chi connectivity index (χ1) is 9.72. The number of rotatable bonds is 5. The van der Waals surface area contributed by atoms with Crippen LogP contribution in [0.2, 0.25) is 0 Å². The van der Waals surface area contributed by atoms with Crippen LogP contribution in [0.1, 0.15) is 39.2 Å². The van der Waals surface area contributed by atoms with Crippen LogP contribution in [-0.2, 0) is 10.0 Å². The minimum absolute atomic E-state index is 0.0200. The van der Waals surface area contributed by atoms with Crippen molar-refractivity contribution in [2.24, 2.45) is 5.41 Å². The van der Waals surface area contributed by atoms with Crippen molar-refractivity contribution in [2.45, 2.75) is 33.6 Å². The van der Waals surface area contributed by atoms with Gasteiger partial charge in [-0.25, -0.2) is 8.42 Å². The summed E-state index contributed by atoms with van der Waals surface area (Å²) in [7, 11) is -3.35. The van der Waals surface area contributed by atoms with Crippen LogP contribution in [0.3, 0.4) is 0 Å². The molecule has 21 heavy (non-hydrogen) atoms. The third kappa shape index (κ3) is 7.74. The first kappa shape index (κ1) is 17.5. The van der Waals surface area contributed by atoms with E-state index in [1.165, 1.54) is 0 Å². The van der Waals surface area contributed by atoms with E-state index in [-0.39, 0.29) is 17.8 Å². The van der Waals surface area contributed by atoms with Crippen LogP contribution in [0, 0.1) is 17.3 Å². The van der Waals surface area contributed by atoms with Gasteiger partial charge in [-0.1, -0.05) is 38.7 Å². The molecule has 1 aromatic carbocycles. The monoisotopic (exact) mass is 309 g/mol. The second-order valence-corrected chi connectivity index (χ2v) is 7.93. The Morgan fingerprint density at radius 3 is 2.62 bits per heavy atom. The zero-order valence-electron chi connectivity index (χ0n) is 12.8. The maximum Gasteiger partial charge on any atom is 0.232 e. The largest absolute Gasteiger partial charge is 0.395 e. The van der Waals surface area contributed by atoms with E-state index in [4.69, 9.17) is 5.11 Å². The van der Waals surface area contributed by atoms with Crippen LogP contribution in [0.5, 0.6) is 0 Å². The SMILES string of the molecule is CC(C)(C)CCS(=O)(=O)Nc1cccc(C#CCCO)c1. The predicted molar refractivity (Wildman–Crippen MR) is 86.5 cm³/mol. The molecular formula is C16H23NO3S. The van der Waals surface area contributed by atoms with Gasteiger partial charge in [0.2, 0.25) is 10.0 Å². The van der Waals surface area contributed by atoms with E-state index in [0.29, 0.717) is 18.5 Å². The van der Waals surface area contributed by atoms with Crippen LogP contribution in [0.15, 0.2) is 24.3 Å². The Labute approximate surface area is 127 Å². The van der Waals surface area contributed by atoms with Gasteiger partial charge in [-0.3, -0.25) is 4.72 Å². The van der Waals surface area contributed by atoms with Gasteiger partial charge in [0.05, 0.1) is 12.4 Å². The molecule has 5 heteroatoms. The molecular weight excluding hydrogens is 286 g/mol. The highest BCUT2D eigenvalue weighted by atomic mass is 32.2. The highest BCUT2D eigenvalue weighted by Crippen LogP contribution is 2.20. The highest BCUT2D eigenvalue weighted by Gasteiger charge is 2.17. The van der Waals surface area contributed by atoms with Gasteiger partial charge in [-0.05, 0) is 30.0 Å². The minimum Gasteiger partial charge on any atom is -0.395 e. The summed E-state index contributed by atoms with van der Waals surface area (Å²) in [5.41, 5.74) is 1.21. The van der Waals surface area contributed by atoms with Gasteiger partial charge in [-0.15, -0.1) is 0 Å². The van der Waals surface area contributed by atoms with E-state index in [0.717, 1.165) is 5.56 Å². The summed E-state index contributed by atoms with van der Waals surface area (Å²) in [6.07, 6.45) is 1.000. The van der Waals surface area contributed by atoms with Crippen molar-refractivity contribution in [1.82, 2.24) is 0 Å². The third-order valence-corrected chi connectivity index (χ3v) is 4.01. The van der Waals surface area contributed by atoms with Crippen LogP contribution in [-0.4, -0.2) is 25.9 Å². The van der Waals surface area contributed by atoms with E-state index >= 15 is 0 Å². The molecule has 0 atom stereocenters. The molecule has 0 aromatic heterocycles. The summed E-state index contributed by atoms with van der Waals surface area (Å²) in [6.45, 7) is 6.06. The van der Waals surface area contributed by atoms with E-state index < -0.39 is 10.0 Å². The fraction of sp³-hybridized carbons (Fsp3) is 0.500. The minimum atomic E-state index is -3.35. The molecule has 0 spiro atoms. The van der Waals surface area contributed by atoms with Gasteiger partial charge >= 0.3 is 0 Å². The molecule has 1 rings (SSSR count). The topological polar surface area (TPSA) is 66.4 Å². The zero-order chi connectivity index (χ0) is 15.9. The molecule has 116 valence electrons. The number of nitrogens with one attached hydrogen (secondary N) is 1. The maximum absolute atomic E-state index is 12.0. The van der Waals surface area contributed by atoms with Gasteiger partial charge in [-0.2, -0.15) is 0 Å². The standard InChI is InChI=1S/C16H23NO3S/c1-16(2,3)10-12-21(19,20)17-15-9-6-8-14(13-15)7-4-5-11-18/h6,8-9,13,17-18H,5,10-12H2,1-3H3. The second kappa shape index (κ2) is 7.48. The van der Waals surface area contributed by atoms with Crippen molar-refractivity contribution >= 4 is 15.7 Å². The van der Waals surface area contributed by atoms with Gasteiger partial charge in [0.1, 0.15) is 0 Å². The van der Waals surface area contributed by atoms with Crippen LogP contribution in [0.25, 0.3) is 0 Å². The average Bonchev–Trinajstić information content (AvgIpc) is 2.36. The highest BCUT2D eigenvalue weighted by molar-refractivity contribution is 7.92. The number of anilines is 1. The second-order valence-electron chi connectivity index (χ2n) is 6.09. The smallest absolute Gasteiger partial charge is 0.232 e. The van der Waals surface area contributed by atoms with Gasteiger partial charge in [0.25, 0.3) is 0 Å². The molecule has 0 saturated heterocycles. The molecule has 0 heterocycles. The fourth-order valence-electron chi connectivity index (χ4n) is 1.55. The molecule has 0 aliphatic rings. The van der Waals surface area contributed by atoms with Crippen molar-refractivity contribution in [2.75, 3.05) is 17.1 Å². The van der Waals surface area contributed by atoms with Crippen LogP contribution >= 0.6 is 0 Å². The molecule has 0 bridgehead atoms. The number of benzene rings is 1. The lowest BCUT2D eigenvalue weighted by atomic mass is 9.94. The Balaban J connectivity index is 2.75. The molecule has 2 N–H and O–H groups in total. The van der Waals surface area contributed by atoms with Crippen LogP contribution < -0.4 is 4.72 Å². The van der Waals surface area contributed by atoms with E-state index in [9.17, 15) is 8.42 Å². The average molecular weight is 309 g/mol. The number of hydrogen-bond donors (Lipinski definition) is 2. The summed E-state index contributed by atoms with van der Waals surface area (Å²) >= 11 is 0. The molecule has 4 nitrogen and oxygen atoms in total. The Morgan fingerprint density at radius 2 is 2.00 bits per heavy atom. The zero-order valence-corrected chi connectivity index (χ0v) is 13.6. The molecule has 1 aromatic rings. The molecule has 0 amide bonds. The Morgan fingerprint density at radius 1 is 1.29 bits per heavy atom. The molecule has 0 aliphatic heterocycles. The summed E-state index contributed by atoms with van der Waals surface area (Å²) < 4.78 is 26.7. The summed E-state index contributed by atoms with van der Waals surface area (Å²) in [5.74, 6) is 5.79. The number of aliphatic hydroxyl groups excluding tert-OH is 1. The predicted octanol–water partition coefficient (Wildman–Crippen LogP) is 2.60. The summed E-state index contributed by atoms with van der Waals surface area (Å²) in [5, 5.41) is 8.68. The van der Waals surface area contributed by atoms with Crippen molar-refractivity contribution in [1.29, 1.82) is 0 Å².